The minimum absolute atomic E-state index is 0.0194. The van der Waals surface area contributed by atoms with Gasteiger partial charge >= 0.3 is 0 Å². The van der Waals surface area contributed by atoms with E-state index < -0.39 is 5.82 Å². The second-order valence-electron chi connectivity index (χ2n) is 5.60. The fourth-order valence-corrected chi connectivity index (χ4v) is 3.44. The average Bonchev–Trinajstić information content (AvgIpc) is 3.25. The highest BCUT2D eigenvalue weighted by Gasteiger charge is 2.16. The smallest absolute Gasteiger partial charge is 0.240 e. The van der Waals surface area contributed by atoms with Gasteiger partial charge in [-0.1, -0.05) is 12.1 Å². The van der Waals surface area contributed by atoms with Crippen LogP contribution in [-0.4, -0.2) is 27.8 Å². The third-order valence-electron chi connectivity index (χ3n) is 3.85. The molecule has 0 aliphatic rings. The molecule has 26 heavy (non-hydrogen) atoms. The Hall–Kier alpha value is -2.52. The van der Waals surface area contributed by atoms with Crippen molar-refractivity contribution in [1.82, 2.24) is 20.1 Å². The number of halogens is 1. The van der Waals surface area contributed by atoms with Crippen molar-refractivity contribution in [1.29, 1.82) is 0 Å². The first-order valence-electron chi connectivity index (χ1n) is 7.81. The van der Waals surface area contributed by atoms with E-state index in [-0.39, 0.29) is 24.2 Å². The molecule has 1 aromatic carbocycles. The molecule has 0 aliphatic carbocycles. The Morgan fingerprint density at radius 1 is 1.50 bits per heavy atom. The number of amides is 1. The van der Waals surface area contributed by atoms with Gasteiger partial charge in [0.15, 0.2) is 22.2 Å². The number of rotatable bonds is 6. The van der Waals surface area contributed by atoms with Crippen LogP contribution < -0.4 is 10.1 Å². The van der Waals surface area contributed by atoms with Crippen LogP contribution >= 0.6 is 23.6 Å². The number of nitrogens with zero attached hydrogens (tertiary/aromatic N) is 2. The fraction of sp³-hybridized carbons (Fsp3) is 0.235. The van der Waals surface area contributed by atoms with E-state index in [4.69, 9.17) is 17.0 Å². The molecular weight excluding hydrogens is 375 g/mol. The zero-order valence-corrected chi connectivity index (χ0v) is 15.8. The Balaban J connectivity index is 1.73. The van der Waals surface area contributed by atoms with Crippen molar-refractivity contribution in [3.63, 3.8) is 0 Å². The van der Waals surface area contributed by atoms with Gasteiger partial charge in [-0.2, -0.15) is 5.10 Å². The summed E-state index contributed by atoms with van der Waals surface area (Å²) < 4.78 is 20.8. The second kappa shape index (κ2) is 7.79. The summed E-state index contributed by atoms with van der Waals surface area (Å²) in [6, 6.07) is 8.05. The molecule has 0 bridgehead atoms. The highest BCUT2D eigenvalue weighted by molar-refractivity contribution is 7.71. The van der Waals surface area contributed by atoms with Crippen molar-refractivity contribution in [2.75, 3.05) is 7.11 Å². The standard InChI is InChI=1S/C17H17FN4O2S2/c1-10(11-5-6-13(24-2)12(18)8-11)19-15(23)9-22-16(20-21-17(22)25)14-4-3-7-26-14/h3-8,10H,9H2,1-2H3,(H,19,23)(H,21,25). The molecule has 3 aromatic rings. The molecule has 1 unspecified atom stereocenters. The summed E-state index contributed by atoms with van der Waals surface area (Å²) in [4.78, 5) is 13.4. The van der Waals surface area contributed by atoms with Gasteiger partial charge in [0.25, 0.3) is 0 Å². The number of nitrogens with one attached hydrogen (secondary N) is 2. The Kier molecular flexibility index (Phi) is 5.48. The van der Waals surface area contributed by atoms with Gasteiger partial charge in [0, 0.05) is 0 Å². The fourth-order valence-electron chi connectivity index (χ4n) is 2.52. The van der Waals surface area contributed by atoms with Crippen molar-refractivity contribution in [2.45, 2.75) is 19.5 Å². The Bertz CT molecular complexity index is 966. The highest BCUT2D eigenvalue weighted by atomic mass is 32.1. The van der Waals surface area contributed by atoms with E-state index in [9.17, 15) is 9.18 Å². The summed E-state index contributed by atoms with van der Waals surface area (Å²) in [6.45, 7) is 1.81. The number of aromatic amines is 1. The zero-order valence-electron chi connectivity index (χ0n) is 14.2. The number of carbonyl (C=O) groups excluding carboxylic acids is 1. The molecule has 1 amide bonds. The van der Waals surface area contributed by atoms with Crippen LogP contribution in [0, 0.1) is 10.6 Å². The van der Waals surface area contributed by atoms with Gasteiger partial charge in [-0.15, -0.1) is 11.3 Å². The summed E-state index contributed by atoms with van der Waals surface area (Å²) in [5, 5.41) is 11.7. The molecule has 2 aromatic heterocycles. The first-order chi connectivity index (χ1) is 12.5. The van der Waals surface area contributed by atoms with E-state index in [0.717, 1.165) is 4.88 Å². The molecule has 3 rings (SSSR count). The van der Waals surface area contributed by atoms with Crippen LogP contribution in [0.5, 0.6) is 5.75 Å². The van der Waals surface area contributed by atoms with E-state index in [1.807, 2.05) is 17.5 Å². The Morgan fingerprint density at radius 3 is 2.96 bits per heavy atom. The normalized spacial score (nSPS) is 12.0. The molecule has 0 aliphatic heterocycles. The third kappa shape index (κ3) is 3.83. The minimum Gasteiger partial charge on any atom is -0.494 e. The lowest BCUT2D eigenvalue weighted by Crippen LogP contribution is -2.30. The number of thiophene rings is 1. The van der Waals surface area contributed by atoms with Crippen LogP contribution in [0.3, 0.4) is 0 Å². The summed E-state index contributed by atoms with van der Waals surface area (Å²) in [6.07, 6.45) is 0. The topological polar surface area (TPSA) is 71.9 Å². The largest absolute Gasteiger partial charge is 0.494 e. The number of aromatic nitrogens is 3. The number of hydrogen-bond donors (Lipinski definition) is 2. The van der Waals surface area contributed by atoms with Gasteiger partial charge in [-0.25, -0.2) is 4.39 Å². The van der Waals surface area contributed by atoms with Gasteiger partial charge in [0.05, 0.1) is 18.0 Å². The number of hydrogen-bond acceptors (Lipinski definition) is 5. The van der Waals surface area contributed by atoms with Crippen molar-refractivity contribution >= 4 is 29.5 Å². The van der Waals surface area contributed by atoms with Crippen LogP contribution in [0.1, 0.15) is 18.5 Å². The lowest BCUT2D eigenvalue weighted by Gasteiger charge is -2.16. The molecule has 136 valence electrons. The summed E-state index contributed by atoms with van der Waals surface area (Å²) >= 11 is 6.73. The first kappa shape index (κ1) is 18.3. The monoisotopic (exact) mass is 392 g/mol. The van der Waals surface area contributed by atoms with Gasteiger partial charge in [0.1, 0.15) is 6.54 Å². The lowest BCUT2D eigenvalue weighted by atomic mass is 10.1. The molecule has 1 atom stereocenters. The minimum atomic E-state index is -0.469. The molecule has 2 N–H and O–H groups in total. The summed E-state index contributed by atoms with van der Waals surface area (Å²) in [7, 11) is 1.41. The van der Waals surface area contributed by atoms with E-state index in [0.29, 0.717) is 16.2 Å². The summed E-state index contributed by atoms with van der Waals surface area (Å²) in [5.41, 5.74) is 0.644. The number of ether oxygens (including phenoxy) is 1. The molecular formula is C17H17FN4O2S2. The van der Waals surface area contributed by atoms with Crippen molar-refractivity contribution < 1.29 is 13.9 Å². The van der Waals surface area contributed by atoms with Crippen LogP contribution in [-0.2, 0) is 11.3 Å². The van der Waals surface area contributed by atoms with Crippen LogP contribution in [0.4, 0.5) is 4.39 Å². The van der Waals surface area contributed by atoms with Gasteiger partial charge in [0.2, 0.25) is 5.91 Å². The van der Waals surface area contributed by atoms with Gasteiger partial charge in [-0.3, -0.25) is 14.5 Å². The van der Waals surface area contributed by atoms with Gasteiger partial charge < -0.3 is 10.1 Å². The molecule has 6 nitrogen and oxygen atoms in total. The zero-order chi connectivity index (χ0) is 18.7. The molecule has 2 heterocycles. The van der Waals surface area contributed by atoms with Crippen LogP contribution in [0.25, 0.3) is 10.7 Å². The number of carbonyl (C=O) groups is 1. The maximum atomic E-state index is 13.8. The predicted molar refractivity (Wildman–Crippen MR) is 100 cm³/mol. The SMILES string of the molecule is COc1ccc(C(C)NC(=O)Cn2c(-c3cccs3)n[nH]c2=S)cc1F. The predicted octanol–water partition coefficient (Wildman–Crippen LogP) is 3.69. The molecule has 0 radical (unpaired) electrons. The van der Waals surface area contributed by atoms with E-state index >= 15 is 0 Å². The van der Waals surface area contributed by atoms with Crippen molar-refractivity contribution in [2.24, 2.45) is 0 Å². The molecule has 9 heteroatoms. The number of benzene rings is 1. The van der Waals surface area contributed by atoms with E-state index in [2.05, 4.69) is 15.5 Å². The van der Waals surface area contributed by atoms with E-state index in [1.54, 1.807) is 17.6 Å². The summed E-state index contributed by atoms with van der Waals surface area (Å²) in [5.74, 6) is 0.0630. The molecule has 0 saturated carbocycles. The van der Waals surface area contributed by atoms with E-state index in [1.165, 1.54) is 30.6 Å². The number of H-pyrrole nitrogens is 1. The third-order valence-corrected chi connectivity index (χ3v) is 5.03. The number of methoxy groups -OCH3 is 1. The average molecular weight is 392 g/mol. The first-order valence-corrected chi connectivity index (χ1v) is 9.10. The van der Waals surface area contributed by atoms with Gasteiger partial charge in [-0.05, 0) is 48.3 Å². The Morgan fingerprint density at radius 2 is 2.31 bits per heavy atom. The maximum Gasteiger partial charge on any atom is 0.240 e. The molecule has 0 spiro atoms. The highest BCUT2D eigenvalue weighted by Crippen LogP contribution is 2.23. The Labute approximate surface area is 158 Å². The van der Waals surface area contributed by atoms with Crippen LogP contribution in [0.15, 0.2) is 35.7 Å². The second-order valence-corrected chi connectivity index (χ2v) is 6.93. The van der Waals surface area contributed by atoms with Crippen LogP contribution in [0.2, 0.25) is 0 Å². The quantitative estimate of drug-likeness (QED) is 0.628. The van der Waals surface area contributed by atoms with Crippen molar-refractivity contribution in [3.8, 4) is 16.5 Å². The van der Waals surface area contributed by atoms with Crippen molar-refractivity contribution in [3.05, 3.63) is 51.9 Å². The molecule has 0 saturated heterocycles. The maximum absolute atomic E-state index is 13.8. The molecule has 0 fully saturated rings. The lowest BCUT2D eigenvalue weighted by molar-refractivity contribution is -0.122.